The molecule has 0 bridgehead atoms. The smallest absolute Gasteiger partial charge is 0.358 e. The molecule has 16 heavy (non-hydrogen) atoms. The van der Waals surface area contributed by atoms with Crippen molar-refractivity contribution in [3.63, 3.8) is 0 Å². The van der Waals surface area contributed by atoms with E-state index >= 15 is 0 Å². The van der Waals surface area contributed by atoms with Crippen LogP contribution in [-0.2, 0) is 4.74 Å². The van der Waals surface area contributed by atoms with Crippen LogP contribution in [0.5, 0.6) is 0 Å². The monoisotopic (exact) mass is 260 g/mol. The predicted octanol–water partition coefficient (Wildman–Crippen LogP) is 2.77. The van der Waals surface area contributed by atoms with Crippen LogP contribution in [0.1, 0.15) is 10.5 Å². The summed E-state index contributed by atoms with van der Waals surface area (Å²) in [7, 11) is 1.25. The van der Waals surface area contributed by atoms with E-state index in [1.165, 1.54) is 13.2 Å². The molecule has 0 atom stereocenters. The summed E-state index contributed by atoms with van der Waals surface area (Å²) in [5.41, 5.74) is 0.505. The lowest BCUT2D eigenvalue weighted by Crippen LogP contribution is -2.08. The number of anilines is 1. The van der Waals surface area contributed by atoms with Gasteiger partial charge < -0.3 is 10.1 Å². The second kappa shape index (κ2) is 5.72. The maximum absolute atomic E-state index is 11.3. The van der Waals surface area contributed by atoms with Gasteiger partial charge in [0.15, 0.2) is 5.69 Å². The Hall–Kier alpha value is -1.26. The number of methoxy groups -OCH3 is 1. The van der Waals surface area contributed by atoms with E-state index in [1.54, 1.807) is 6.08 Å². The summed E-state index contributed by atoms with van der Waals surface area (Å²) in [6.07, 6.45) is 1.66. The highest BCUT2D eigenvalue weighted by atomic mass is 35.5. The number of hydrogen-bond acceptors (Lipinski definition) is 4. The molecule has 1 N–H and O–H groups in total. The summed E-state index contributed by atoms with van der Waals surface area (Å²) in [5.74, 6) is -0.630. The molecule has 0 fully saturated rings. The van der Waals surface area contributed by atoms with Gasteiger partial charge in [-0.2, -0.15) is 0 Å². The van der Waals surface area contributed by atoms with Gasteiger partial charge in [-0.05, 0) is 0 Å². The normalized spacial score (nSPS) is 9.69. The molecule has 1 aromatic rings. The molecule has 1 rings (SSSR count). The molecular weight excluding hydrogens is 251 g/mol. The number of carbonyl (C=O) groups is 1. The first-order valence-electron chi connectivity index (χ1n) is 4.39. The molecule has 0 saturated carbocycles. The minimum absolute atomic E-state index is 0.0109. The van der Waals surface area contributed by atoms with Crippen molar-refractivity contribution in [2.45, 2.75) is 0 Å². The van der Waals surface area contributed by atoms with Crippen molar-refractivity contribution >= 4 is 34.9 Å². The largest absolute Gasteiger partial charge is 0.464 e. The number of carbonyl (C=O) groups excluding carboxylic acids is 1. The third-order valence-electron chi connectivity index (χ3n) is 1.74. The molecule has 4 nitrogen and oxygen atoms in total. The molecule has 0 aromatic carbocycles. The van der Waals surface area contributed by atoms with Gasteiger partial charge in [-0.25, -0.2) is 9.78 Å². The van der Waals surface area contributed by atoms with Crippen LogP contribution in [0.2, 0.25) is 10.2 Å². The van der Waals surface area contributed by atoms with Crippen molar-refractivity contribution < 1.29 is 9.53 Å². The maximum atomic E-state index is 11.3. The van der Waals surface area contributed by atoms with Crippen molar-refractivity contribution in [2.75, 3.05) is 19.0 Å². The number of rotatable bonds is 4. The van der Waals surface area contributed by atoms with E-state index < -0.39 is 5.97 Å². The molecule has 0 radical (unpaired) electrons. The third-order valence-corrected chi connectivity index (χ3v) is 2.32. The van der Waals surface area contributed by atoms with Crippen LogP contribution in [0, 0.1) is 0 Å². The molecule has 1 heterocycles. The number of halogens is 2. The van der Waals surface area contributed by atoms with Gasteiger partial charge in [-0.1, -0.05) is 29.3 Å². The molecule has 6 heteroatoms. The first kappa shape index (κ1) is 12.8. The summed E-state index contributed by atoms with van der Waals surface area (Å²) < 4.78 is 4.54. The van der Waals surface area contributed by atoms with E-state index in [2.05, 4.69) is 21.6 Å². The van der Waals surface area contributed by atoms with Crippen LogP contribution >= 0.6 is 23.2 Å². The summed E-state index contributed by atoms with van der Waals surface area (Å²) in [5, 5.41) is 3.28. The Bertz CT molecular complexity index is 422. The number of hydrogen-bond donors (Lipinski definition) is 1. The Morgan fingerprint density at radius 2 is 2.38 bits per heavy atom. The molecule has 86 valence electrons. The van der Waals surface area contributed by atoms with Crippen LogP contribution < -0.4 is 5.32 Å². The van der Waals surface area contributed by atoms with Crippen LogP contribution in [0.15, 0.2) is 18.7 Å². The van der Waals surface area contributed by atoms with Crippen molar-refractivity contribution in [3.8, 4) is 0 Å². The lowest BCUT2D eigenvalue weighted by molar-refractivity contribution is 0.0594. The average molecular weight is 261 g/mol. The van der Waals surface area contributed by atoms with Gasteiger partial charge in [0, 0.05) is 12.6 Å². The highest BCUT2D eigenvalue weighted by Gasteiger charge is 2.17. The highest BCUT2D eigenvalue weighted by Crippen LogP contribution is 2.27. The summed E-state index contributed by atoms with van der Waals surface area (Å²) >= 11 is 11.7. The quantitative estimate of drug-likeness (QED) is 0.514. The number of nitrogens with zero attached hydrogens (tertiary/aromatic N) is 1. The first-order chi connectivity index (χ1) is 7.60. The lowest BCUT2D eigenvalue weighted by atomic mass is 10.3. The van der Waals surface area contributed by atoms with Gasteiger partial charge in [0.2, 0.25) is 0 Å². The zero-order chi connectivity index (χ0) is 12.1. The molecule has 0 aliphatic carbocycles. The van der Waals surface area contributed by atoms with E-state index in [4.69, 9.17) is 23.2 Å². The van der Waals surface area contributed by atoms with E-state index in [9.17, 15) is 4.79 Å². The zero-order valence-electron chi connectivity index (χ0n) is 8.59. The van der Waals surface area contributed by atoms with Crippen molar-refractivity contribution in [1.82, 2.24) is 4.98 Å². The molecule has 0 aliphatic rings. The fourth-order valence-electron chi connectivity index (χ4n) is 1.04. The fourth-order valence-corrected chi connectivity index (χ4v) is 1.48. The molecule has 1 aromatic heterocycles. The Morgan fingerprint density at radius 1 is 1.69 bits per heavy atom. The molecule has 0 amide bonds. The second-order valence-corrected chi connectivity index (χ2v) is 3.58. The number of ether oxygens (including phenoxy) is 1. The minimum atomic E-state index is -0.630. The summed E-state index contributed by atoms with van der Waals surface area (Å²) in [6.45, 7) is 4.06. The van der Waals surface area contributed by atoms with E-state index in [0.29, 0.717) is 12.2 Å². The topological polar surface area (TPSA) is 51.2 Å². The first-order valence-corrected chi connectivity index (χ1v) is 5.15. The third kappa shape index (κ3) is 2.87. The number of esters is 1. The van der Waals surface area contributed by atoms with Crippen LogP contribution in [-0.4, -0.2) is 24.6 Å². The van der Waals surface area contributed by atoms with Gasteiger partial charge in [-0.3, -0.25) is 0 Å². The van der Waals surface area contributed by atoms with Crippen molar-refractivity contribution in [3.05, 3.63) is 34.6 Å². The molecular formula is C10H10Cl2N2O2. The van der Waals surface area contributed by atoms with E-state index in [1.807, 2.05) is 0 Å². The van der Waals surface area contributed by atoms with E-state index in [-0.39, 0.29) is 15.9 Å². The SMILES string of the molecule is C=CCNc1cc(Cl)nc(C(=O)OC)c1Cl. The molecule has 0 spiro atoms. The van der Waals surface area contributed by atoms with Gasteiger partial charge in [0.05, 0.1) is 17.8 Å². The van der Waals surface area contributed by atoms with Gasteiger partial charge in [0.1, 0.15) is 5.15 Å². The zero-order valence-corrected chi connectivity index (χ0v) is 10.1. The standard InChI is InChI=1S/C10H10Cl2N2O2/c1-3-4-13-6-5-7(11)14-9(8(6)12)10(15)16-2/h3,5H,1,4H2,2H3,(H,13,14). The van der Waals surface area contributed by atoms with E-state index in [0.717, 1.165) is 0 Å². The molecule has 0 unspecified atom stereocenters. The Balaban J connectivity index is 3.14. The van der Waals surface area contributed by atoms with Crippen molar-refractivity contribution in [1.29, 1.82) is 0 Å². The predicted molar refractivity (Wildman–Crippen MR) is 64.3 cm³/mol. The van der Waals surface area contributed by atoms with Crippen LogP contribution in [0.3, 0.4) is 0 Å². The average Bonchev–Trinajstić information content (AvgIpc) is 2.28. The highest BCUT2D eigenvalue weighted by molar-refractivity contribution is 6.37. The summed E-state index contributed by atoms with van der Waals surface area (Å²) in [4.78, 5) is 15.1. The fraction of sp³-hybridized carbons (Fsp3) is 0.200. The minimum Gasteiger partial charge on any atom is -0.464 e. The maximum Gasteiger partial charge on any atom is 0.358 e. The van der Waals surface area contributed by atoms with Gasteiger partial charge in [-0.15, -0.1) is 6.58 Å². The van der Waals surface area contributed by atoms with Gasteiger partial charge in [0.25, 0.3) is 0 Å². The number of nitrogens with one attached hydrogen (secondary N) is 1. The molecule has 0 aliphatic heterocycles. The lowest BCUT2D eigenvalue weighted by Gasteiger charge is -2.09. The Morgan fingerprint density at radius 3 is 2.94 bits per heavy atom. The van der Waals surface area contributed by atoms with Crippen LogP contribution in [0.25, 0.3) is 0 Å². The van der Waals surface area contributed by atoms with Crippen molar-refractivity contribution in [2.24, 2.45) is 0 Å². The summed E-state index contributed by atoms with van der Waals surface area (Å²) in [6, 6.07) is 1.53. The van der Waals surface area contributed by atoms with Gasteiger partial charge >= 0.3 is 5.97 Å². The van der Waals surface area contributed by atoms with Crippen LogP contribution in [0.4, 0.5) is 5.69 Å². The number of aromatic nitrogens is 1. The Kier molecular flexibility index (Phi) is 4.58. The number of pyridine rings is 1. The Labute approximate surface area is 103 Å². The molecule has 0 saturated heterocycles. The second-order valence-electron chi connectivity index (χ2n) is 2.82.